The summed E-state index contributed by atoms with van der Waals surface area (Å²) < 4.78 is 10.2. The van der Waals surface area contributed by atoms with Crippen LogP contribution >= 0.6 is 0 Å². The first-order valence-electron chi connectivity index (χ1n) is 11.5. The van der Waals surface area contributed by atoms with E-state index in [1.165, 1.54) is 0 Å². The van der Waals surface area contributed by atoms with E-state index in [2.05, 4.69) is 50.6 Å². The summed E-state index contributed by atoms with van der Waals surface area (Å²) in [7, 11) is 0. The predicted molar refractivity (Wildman–Crippen MR) is 134 cm³/mol. The molecule has 0 N–H and O–H groups in total. The van der Waals surface area contributed by atoms with Crippen molar-refractivity contribution in [3.05, 3.63) is 73.9 Å². The van der Waals surface area contributed by atoms with E-state index in [9.17, 15) is 9.59 Å². The molecule has 0 saturated heterocycles. The molecule has 4 heteroatoms. The Morgan fingerprint density at radius 2 is 1.09 bits per heavy atom. The highest BCUT2D eigenvalue weighted by Crippen LogP contribution is 2.15. The molecule has 0 heterocycles. The van der Waals surface area contributed by atoms with Gasteiger partial charge in [-0.25, -0.2) is 9.59 Å². The Bertz CT molecular complexity index is 611. The standard InChI is InChI=1S/C28H42O4/c1-7-25(19-15-21-31-27(29)23(3)4)17-13-11-9-10-12-14-18-26(8-2)20-16-22-32-28(30)24(5)6/h7-8,11-14,25-26H,1-3,5,9-10,15-22H2,4,6H3/b13-11+,14-12+. The molecule has 0 fully saturated rings. The molecular formula is C28H42O4. The third kappa shape index (κ3) is 16.1. The van der Waals surface area contributed by atoms with Crippen molar-refractivity contribution in [1.82, 2.24) is 0 Å². The summed E-state index contributed by atoms with van der Waals surface area (Å²) in [4.78, 5) is 22.7. The molecule has 0 radical (unpaired) electrons. The van der Waals surface area contributed by atoms with Gasteiger partial charge >= 0.3 is 11.9 Å². The molecule has 0 amide bonds. The van der Waals surface area contributed by atoms with Crippen LogP contribution in [0.1, 0.15) is 65.2 Å². The summed E-state index contributed by atoms with van der Waals surface area (Å²) in [5.41, 5.74) is 0.868. The Morgan fingerprint density at radius 1 is 0.719 bits per heavy atom. The van der Waals surface area contributed by atoms with Crippen molar-refractivity contribution >= 4 is 11.9 Å². The molecule has 0 saturated carbocycles. The molecular weight excluding hydrogens is 400 g/mol. The fourth-order valence-electron chi connectivity index (χ4n) is 2.90. The van der Waals surface area contributed by atoms with E-state index in [0.717, 1.165) is 51.4 Å². The number of carbonyl (C=O) groups is 2. The van der Waals surface area contributed by atoms with Gasteiger partial charge in [-0.2, -0.15) is 0 Å². The topological polar surface area (TPSA) is 52.6 Å². The second-order valence-electron chi connectivity index (χ2n) is 8.10. The number of unbranched alkanes of at least 4 members (excludes halogenated alkanes) is 1. The Morgan fingerprint density at radius 3 is 1.41 bits per heavy atom. The van der Waals surface area contributed by atoms with E-state index >= 15 is 0 Å². The van der Waals surface area contributed by atoms with Crippen LogP contribution < -0.4 is 0 Å². The van der Waals surface area contributed by atoms with Gasteiger partial charge in [0.25, 0.3) is 0 Å². The largest absolute Gasteiger partial charge is 0.462 e. The molecule has 32 heavy (non-hydrogen) atoms. The van der Waals surface area contributed by atoms with E-state index < -0.39 is 0 Å². The maximum absolute atomic E-state index is 11.3. The van der Waals surface area contributed by atoms with Crippen molar-refractivity contribution in [3.63, 3.8) is 0 Å². The van der Waals surface area contributed by atoms with E-state index in [1.807, 2.05) is 12.2 Å². The highest BCUT2D eigenvalue weighted by Gasteiger charge is 2.06. The fraction of sp³-hybridized carbons (Fsp3) is 0.500. The molecule has 0 aliphatic rings. The lowest BCUT2D eigenvalue weighted by Gasteiger charge is -2.10. The molecule has 0 bridgehead atoms. The highest BCUT2D eigenvalue weighted by molar-refractivity contribution is 5.87. The summed E-state index contributed by atoms with van der Waals surface area (Å²) in [6.07, 6.45) is 20.3. The quantitative estimate of drug-likeness (QED) is 0.0929. The predicted octanol–water partition coefficient (Wildman–Crippen LogP) is 7.06. The fourth-order valence-corrected chi connectivity index (χ4v) is 2.90. The lowest BCUT2D eigenvalue weighted by Crippen LogP contribution is -2.07. The number of hydrogen-bond donors (Lipinski definition) is 0. The van der Waals surface area contributed by atoms with Crippen LogP contribution in [-0.2, 0) is 19.1 Å². The molecule has 2 atom stereocenters. The Balaban J connectivity index is 3.91. The minimum atomic E-state index is -0.323. The normalized spacial score (nSPS) is 12.9. The van der Waals surface area contributed by atoms with Gasteiger partial charge in [-0.15, -0.1) is 13.2 Å². The van der Waals surface area contributed by atoms with Crippen molar-refractivity contribution in [2.45, 2.75) is 65.2 Å². The first-order chi connectivity index (χ1) is 15.3. The third-order valence-electron chi connectivity index (χ3n) is 4.98. The Labute approximate surface area is 195 Å². The zero-order valence-electron chi connectivity index (χ0n) is 20.2. The van der Waals surface area contributed by atoms with Gasteiger partial charge in [0.15, 0.2) is 0 Å². The summed E-state index contributed by atoms with van der Waals surface area (Å²) in [6, 6.07) is 0. The van der Waals surface area contributed by atoms with Crippen LogP contribution in [0.2, 0.25) is 0 Å². The van der Waals surface area contributed by atoms with Crippen molar-refractivity contribution in [2.75, 3.05) is 13.2 Å². The van der Waals surface area contributed by atoms with Crippen LogP contribution in [0, 0.1) is 11.8 Å². The van der Waals surface area contributed by atoms with Crippen molar-refractivity contribution in [3.8, 4) is 0 Å². The number of hydrogen-bond acceptors (Lipinski definition) is 4. The van der Waals surface area contributed by atoms with Gasteiger partial charge in [-0.3, -0.25) is 0 Å². The summed E-state index contributed by atoms with van der Waals surface area (Å²) >= 11 is 0. The van der Waals surface area contributed by atoms with Crippen LogP contribution in [0.4, 0.5) is 0 Å². The molecule has 4 nitrogen and oxygen atoms in total. The summed E-state index contributed by atoms with van der Waals surface area (Å²) in [6.45, 7) is 19.1. The van der Waals surface area contributed by atoms with E-state index in [0.29, 0.717) is 36.2 Å². The van der Waals surface area contributed by atoms with Gasteiger partial charge in [-0.05, 0) is 77.0 Å². The van der Waals surface area contributed by atoms with E-state index in [1.54, 1.807) is 13.8 Å². The molecule has 0 aromatic rings. The smallest absolute Gasteiger partial charge is 0.333 e. The molecule has 178 valence electrons. The first-order valence-corrected chi connectivity index (χ1v) is 11.5. The summed E-state index contributed by atoms with van der Waals surface area (Å²) in [5.74, 6) is 0.148. The molecule has 2 unspecified atom stereocenters. The zero-order chi connectivity index (χ0) is 24.2. The molecule has 0 spiro atoms. The van der Waals surface area contributed by atoms with Crippen LogP contribution in [0.15, 0.2) is 73.9 Å². The van der Waals surface area contributed by atoms with Crippen LogP contribution in [0.5, 0.6) is 0 Å². The second-order valence-corrected chi connectivity index (χ2v) is 8.10. The van der Waals surface area contributed by atoms with Gasteiger partial charge in [0.2, 0.25) is 0 Å². The average Bonchev–Trinajstić information content (AvgIpc) is 2.77. The van der Waals surface area contributed by atoms with Crippen LogP contribution in [0.25, 0.3) is 0 Å². The second kappa shape index (κ2) is 19.1. The molecule has 0 aliphatic carbocycles. The lowest BCUT2D eigenvalue weighted by atomic mass is 9.99. The van der Waals surface area contributed by atoms with Crippen molar-refractivity contribution in [2.24, 2.45) is 11.8 Å². The van der Waals surface area contributed by atoms with E-state index in [-0.39, 0.29) is 11.9 Å². The Hall–Kier alpha value is -2.62. The number of esters is 2. The van der Waals surface area contributed by atoms with Gasteiger partial charge < -0.3 is 9.47 Å². The molecule has 0 aliphatic heterocycles. The first kappa shape index (κ1) is 29.4. The third-order valence-corrected chi connectivity index (χ3v) is 4.98. The number of rotatable bonds is 19. The van der Waals surface area contributed by atoms with Gasteiger partial charge in [0.05, 0.1) is 13.2 Å². The number of carbonyl (C=O) groups excluding carboxylic acids is 2. The molecule has 0 rings (SSSR count). The minimum absolute atomic E-state index is 0.323. The highest BCUT2D eigenvalue weighted by atomic mass is 16.5. The zero-order valence-corrected chi connectivity index (χ0v) is 20.2. The molecule has 0 aromatic heterocycles. The van der Waals surface area contributed by atoms with Crippen molar-refractivity contribution in [1.29, 1.82) is 0 Å². The monoisotopic (exact) mass is 442 g/mol. The summed E-state index contributed by atoms with van der Waals surface area (Å²) in [5, 5.41) is 0. The number of allylic oxidation sites excluding steroid dienone is 6. The van der Waals surface area contributed by atoms with Gasteiger partial charge in [-0.1, -0.05) is 49.6 Å². The van der Waals surface area contributed by atoms with Crippen molar-refractivity contribution < 1.29 is 19.1 Å². The average molecular weight is 443 g/mol. The maximum Gasteiger partial charge on any atom is 0.333 e. The SMILES string of the molecule is C=CC(C/C=C/CC/C=C/CC(C=C)CCCOC(=O)C(=C)C)CCCOC(=O)C(=C)C. The lowest BCUT2D eigenvalue weighted by molar-refractivity contribution is -0.140. The van der Waals surface area contributed by atoms with E-state index in [4.69, 9.17) is 9.47 Å². The van der Waals surface area contributed by atoms with Gasteiger partial charge in [0, 0.05) is 11.1 Å². The Kier molecular flexibility index (Phi) is 17.5. The number of ether oxygens (including phenoxy) is 2. The minimum Gasteiger partial charge on any atom is -0.462 e. The van der Waals surface area contributed by atoms with Crippen LogP contribution in [0.3, 0.4) is 0 Å². The van der Waals surface area contributed by atoms with Crippen LogP contribution in [-0.4, -0.2) is 25.2 Å². The van der Waals surface area contributed by atoms with Gasteiger partial charge in [0.1, 0.15) is 0 Å². The molecule has 0 aromatic carbocycles. The maximum atomic E-state index is 11.3.